The number of aliphatic hydroxyl groups excluding tert-OH is 1. The first-order valence-corrected chi connectivity index (χ1v) is 7.26. The summed E-state index contributed by atoms with van der Waals surface area (Å²) in [6.45, 7) is 8.29. The Balaban J connectivity index is 1.74. The monoisotopic (exact) mass is 270 g/mol. The molecule has 19 heavy (non-hydrogen) atoms. The van der Waals surface area contributed by atoms with Gasteiger partial charge in [0.1, 0.15) is 0 Å². The van der Waals surface area contributed by atoms with Gasteiger partial charge in [-0.1, -0.05) is 0 Å². The molecule has 2 aliphatic rings. The molecule has 110 valence electrons. The van der Waals surface area contributed by atoms with Crippen molar-refractivity contribution in [3.8, 4) is 0 Å². The lowest BCUT2D eigenvalue weighted by Gasteiger charge is -2.44. The van der Waals surface area contributed by atoms with Crippen LogP contribution in [0.25, 0.3) is 0 Å². The van der Waals surface area contributed by atoms with E-state index in [4.69, 9.17) is 4.74 Å². The summed E-state index contributed by atoms with van der Waals surface area (Å²) < 4.78 is 5.22. The molecule has 0 saturated carbocycles. The van der Waals surface area contributed by atoms with E-state index in [1.807, 2.05) is 13.8 Å². The second kappa shape index (κ2) is 6.20. The van der Waals surface area contributed by atoms with Crippen molar-refractivity contribution in [2.45, 2.75) is 32.7 Å². The smallest absolute Gasteiger partial charge is 0.223 e. The van der Waals surface area contributed by atoms with E-state index in [0.29, 0.717) is 13.2 Å². The van der Waals surface area contributed by atoms with Crippen molar-refractivity contribution in [3.05, 3.63) is 0 Å². The van der Waals surface area contributed by atoms with E-state index < -0.39 is 0 Å². The average molecular weight is 270 g/mol. The van der Waals surface area contributed by atoms with E-state index >= 15 is 0 Å². The van der Waals surface area contributed by atoms with Crippen LogP contribution in [0.15, 0.2) is 0 Å². The molecular formula is C14H26N2O3. The molecule has 1 amide bonds. The van der Waals surface area contributed by atoms with Gasteiger partial charge in [-0.05, 0) is 39.8 Å². The molecule has 0 spiro atoms. The van der Waals surface area contributed by atoms with Gasteiger partial charge in [0, 0.05) is 18.5 Å². The third kappa shape index (κ3) is 3.68. The number of rotatable bonds is 5. The van der Waals surface area contributed by atoms with Crippen molar-refractivity contribution in [1.29, 1.82) is 0 Å². The minimum atomic E-state index is -0.0486. The van der Waals surface area contributed by atoms with Crippen molar-refractivity contribution in [2.75, 3.05) is 39.5 Å². The number of hydrogen-bond donors (Lipinski definition) is 2. The van der Waals surface area contributed by atoms with Crippen LogP contribution in [0, 0.1) is 11.3 Å². The van der Waals surface area contributed by atoms with Crippen LogP contribution in [-0.2, 0) is 9.53 Å². The SMILES string of the molecule is CC(C)NC(=O)C1CCN(CC2(CO)COC2)CC1. The van der Waals surface area contributed by atoms with Gasteiger partial charge in [-0.3, -0.25) is 4.79 Å². The molecule has 2 heterocycles. The topological polar surface area (TPSA) is 61.8 Å². The quantitative estimate of drug-likeness (QED) is 0.751. The summed E-state index contributed by atoms with van der Waals surface area (Å²) in [5, 5.41) is 12.4. The third-order valence-electron chi connectivity index (χ3n) is 4.10. The highest BCUT2D eigenvalue weighted by Gasteiger charge is 2.40. The number of nitrogens with one attached hydrogen (secondary N) is 1. The lowest BCUT2D eigenvalue weighted by atomic mass is 9.85. The first kappa shape index (κ1) is 14.8. The first-order valence-electron chi connectivity index (χ1n) is 7.26. The van der Waals surface area contributed by atoms with E-state index in [1.165, 1.54) is 0 Å². The zero-order valence-corrected chi connectivity index (χ0v) is 12.0. The number of hydrogen-bond acceptors (Lipinski definition) is 4. The highest BCUT2D eigenvalue weighted by molar-refractivity contribution is 5.78. The molecular weight excluding hydrogens is 244 g/mol. The zero-order valence-electron chi connectivity index (χ0n) is 12.0. The number of nitrogens with zero attached hydrogens (tertiary/aromatic N) is 1. The molecule has 0 bridgehead atoms. The largest absolute Gasteiger partial charge is 0.396 e. The summed E-state index contributed by atoms with van der Waals surface area (Å²) in [5.41, 5.74) is -0.0486. The Labute approximate surface area is 115 Å². The van der Waals surface area contributed by atoms with Gasteiger partial charge in [0.2, 0.25) is 5.91 Å². The minimum absolute atomic E-state index is 0.0486. The Kier molecular flexibility index (Phi) is 4.81. The van der Waals surface area contributed by atoms with Gasteiger partial charge in [-0.25, -0.2) is 0 Å². The molecule has 0 aromatic rings. The van der Waals surface area contributed by atoms with E-state index in [1.54, 1.807) is 0 Å². The van der Waals surface area contributed by atoms with Crippen LogP contribution >= 0.6 is 0 Å². The summed E-state index contributed by atoms with van der Waals surface area (Å²) in [6, 6.07) is 0.218. The number of likely N-dealkylation sites (tertiary alicyclic amines) is 1. The van der Waals surface area contributed by atoms with Crippen LogP contribution in [-0.4, -0.2) is 61.4 Å². The van der Waals surface area contributed by atoms with Crippen molar-refractivity contribution in [1.82, 2.24) is 10.2 Å². The van der Waals surface area contributed by atoms with Crippen LogP contribution < -0.4 is 5.32 Å². The molecule has 0 aromatic carbocycles. The molecule has 0 aliphatic carbocycles. The van der Waals surface area contributed by atoms with Gasteiger partial charge in [0.15, 0.2) is 0 Å². The number of carbonyl (C=O) groups is 1. The Hall–Kier alpha value is -0.650. The Morgan fingerprint density at radius 2 is 2.05 bits per heavy atom. The van der Waals surface area contributed by atoms with Crippen LogP contribution in [0.1, 0.15) is 26.7 Å². The maximum atomic E-state index is 11.9. The molecule has 2 rings (SSSR count). The van der Waals surface area contributed by atoms with Crippen LogP contribution in [0.4, 0.5) is 0 Å². The summed E-state index contributed by atoms with van der Waals surface area (Å²) in [5.74, 6) is 0.347. The zero-order chi connectivity index (χ0) is 13.9. The highest BCUT2D eigenvalue weighted by atomic mass is 16.5. The minimum Gasteiger partial charge on any atom is -0.396 e. The molecule has 0 atom stereocenters. The van der Waals surface area contributed by atoms with E-state index in [9.17, 15) is 9.90 Å². The molecule has 2 fully saturated rings. The maximum Gasteiger partial charge on any atom is 0.223 e. The van der Waals surface area contributed by atoms with Crippen LogP contribution in [0.5, 0.6) is 0 Å². The molecule has 5 nitrogen and oxygen atoms in total. The second-order valence-electron chi connectivity index (χ2n) is 6.36. The Morgan fingerprint density at radius 3 is 2.47 bits per heavy atom. The second-order valence-corrected chi connectivity index (χ2v) is 6.36. The first-order chi connectivity index (χ1) is 9.04. The maximum absolute atomic E-state index is 11.9. The van der Waals surface area contributed by atoms with Gasteiger partial charge in [-0.2, -0.15) is 0 Å². The molecule has 2 saturated heterocycles. The van der Waals surface area contributed by atoms with Crippen molar-refractivity contribution < 1.29 is 14.6 Å². The summed E-state index contributed by atoms with van der Waals surface area (Å²) >= 11 is 0. The van der Waals surface area contributed by atoms with Crippen molar-refractivity contribution in [2.24, 2.45) is 11.3 Å². The fraction of sp³-hybridized carbons (Fsp3) is 0.929. The van der Waals surface area contributed by atoms with Gasteiger partial charge in [0.05, 0.1) is 25.2 Å². The van der Waals surface area contributed by atoms with Crippen LogP contribution in [0.3, 0.4) is 0 Å². The summed E-state index contributed by atoms with van der Waals surface area (Å²) in [7, 11) is 0. The lowest BCUT2D eigenvalue weighted by molar-refractivity contribution is -0.151. The van der Waals surface area contributed by atoms with E-state index in [-0.39, 0.29) is 29.9 Å². The molecule has 0 aromatic heterocycles. The lowest BCUT2D eigenvalue weighted by Crippen LogP contribution is -2.55. The fourth-order valence-corrected chi connectivity index (χ4v) is 2.85. The third-order valence-corrected chi connectivity index (χ3v) is 4.10. The predicted molar refractivity (Wildman–Crippen MR) is 72.8 cm³/mol. The van der Waals surface area contributed by atoms with Crippen molar-refractivity contribution >= 4 is 5.91 Å². The molecule has 0 radical (unpaired) electrons. The number of piperidine rings is 1. The predicted octanol–water partition coefficient (Wildman–Crippen LogP) is 0.232. The standard InChI is InChI=1S/C14H26N2O3/c1-11(2)15-13(18)12-3-5-16(6-4-12)7-14(8-17)9-19-10-14/h11-12,17H,3-10H2,1-2H3,(H,15,18). The highest BCUT2D eigenvalue weighted by Crippen LogP contribution is 2.29. The van der Waals surface area contributed by atoms with Crippen molar-refractivity contribution in [3.63, 3.8) is 0 Å². The number of amides is 1. The number of carbonyl (C=O) groups excluding carboxylic acids is 1. The van der Waals surface area contributed by atoms with Gasteiger partial charge in [-0.15, -0.1) is 0 Å². The normalized spacial score (nSPS) is 24.2. The molecule has 5 heteroatoms. The van der Waals surface area contributed by atoms with Crippen LogP contribution in [0.2, 0.25) is 0 Å². The Bertz CT molecular complexity index is 302. The molecule has 2 N–H and O–H groups in total. The average Bonchev–Trinajstić information content (AvgIpc) is 2.34. The number of ether oxygens (including phenoxy) is 1. The van der Waals surface area contributed by atoms with Gasteiger partial charge < -0.3 is 20.1 Å². The van der Waals surface area contributed by atoms with E-state index in [2.05, 4.69) is 10.2 Å². The summed E-state index contributed by atoms with van der Waals surface area (Å²) in [6.07, 6.45) is 1.84. The Morgan fingerprint density at radius 1 is 1.42 bits per heavy atom. The van der Waals surface area contributed by atoms with Gasteiger partial charge >= 0.3 is 0 Å². The van der Waals surface area contributed by atoms with Gasteiger partial charge in [0.25, 0.3) is 0 Å². The molecule has 2 aliphatic heterocycles. The summed E-state index contributed by atoms with van der Waals surface area (Å²) in [4.78, 5) is 14.3. The molecule has 0 unspecified atom stereocenters. The van der Waals surface area contributed by atoms with E-state index in [0.717, 1.165) is 32.5 Å². The number of aliphatic hydroxyl groups is 1. The fourth-order valence-electron chi connectivity index (χ4n) is 2.85.